The highest BCUT2D eigenvalue weighted by Crippen LogP contribution is 2.09. The topological polar surface area (TPSA) is 61.9 Å². The van der Waals surface area contributed by atoms with Crippen LogP contribution in [0.1, 0.15) is 28.7 Å². The number of nitrogens with zero attached hydrogens (tertiary/aromatic N) is 3. The lowest BCUT2D eigenvalue weighted by Crippen LogP contribution is -2.31. The minimum atomic E-state index is -0.128. The van der Waals surface area contributed by atoms with Crippen LogP contribution >= 0.6 is 0 Å². The van der Waals surface area contributed by atoms with E-state index in [1.165, 1.54) is 11.9 Å². The van der Waals surface area contributed by atoms with Crippen molar-refractivity contribution in [3.63, 3.8) is 0 Å². The fourth-order valence-electron chi connectivity index (χ4n) is 1.82. The van der Waals surface area contributed by atoms with Gasteiger partial charge in [0.05, 0.1) is 0 Å². The summed E-state index contributed by atoms with van der Waals surface area (Å²) in [5, 5.41) is 6.29. The summed E-state index contributed by atoms with van der Waals surface area (Å²) in [6.07, 6.45) is 1.34. The average Bonchev–Trinajstić information content (AvgIpc) is 2.89. The minimum Gasteiger partial charge on any atom is -0.332 e. The van der Waals surface area contributed by atoms with E-state index in [0.717, 1.165) is 5.56 Å². The van der Waals surface area contributed by atoms with Gasteiger partial charge in [-0.2, -0.15) is 5.10 Å². The third-order valence-corrected chi connectivity index (χ3v) is 2.74. The molecule has 5 nitrogen and oxygen atoms in total. The lowest BCUT2D eigenvalue weighted by atomic mass is 10.1. The number of carbonyl (C=O) groups is 1. The first kappa shape index (κ1) is 12.3. The molecule has 1 aromatic heterocycles. The van der Waals surface area contributed by atoms with E-state index < -0.39 is 0 Å². The van der Waals surface area contributed by atoms with E-state index in [1.807, 2.05) is 32.0 Å². The molecule has 94 valence electrons. The largest absolute Gasteiger partial charge is 0.332 e. The van der Waals surface area contributed by atoms with Crippen molar-refractivity contribution < 1.29 is 4.79 Å². The summed E-state index contributed by atoms with van der Waals surface area (Å²) in [6, 6.07) is 8.13. The van der Waals surface area contributed by atoms with Gasteiger partial charge >= 0.3 is 0 Å². The highest BCUT2D eigenvalue weighted by atomic mass is 16.2. The number of benzene rings is 1. The molecule has 0 aliphatic carbocycles. The molecule has 0 unspecified atom stereocenters. The van der Waals surface area contributed by atoms with Gasteiger partial charge in [-0.25, -0.2) is 4.98 Å². The van der Waals surface area contributed by atoms with Crippen LogP contribution in [0.4, 0.5) is 0 Å². The van der Waals surface area contributed by atoms with E-state index in [9.17, 15) is 4.79 Å². The van der Waals surface area contributed by atoms with Crippen LogP contribution in [0.5, 0.6) is 0 Å². The molecular formula is C13H16N4O. The summed E-state index contributed by atoms with van der Waals surface area (Å²) < 4.78 is 0. The number of H-pyrrole nitrogens is 1. The smallest absolute Gasteiger partial charge is 0.291 e. The van der Waals surface area contributed by atoms with Gasteiger partial charge in [0.1, 0.15) is 6.33 Å². The predicted octanol–water partition coefficient (Wildman–Crippen LogP) is 1.78. The van der Waals surface area contributed by atoms with Gasteiger partial charge in [-0.3, -0.25) is 9.89 Å². The lowest BCUT2D eigenvalue weighted by molar-refractivity contribution is 0.0740. The predicted molar refractivity (Wildman–Crippen MR) is 68.0 cm³/mol. The first-order chi connectivity index (χ1) is 8.70. The fourth-order valence-corrected chi connectivity index (χ4v) is 1.82. The summed E-state index contributed by atoms with van der Waals surface area (Å²) >= 11 is 0. The quantitative estimate of drug-likeness (QED) is 0.891. The molecule has 2 rings (SSSR count). The standard InChI is InChI=1S/C13H16N4O/c1-3-17(13(18)12-14-9-15-16-12)8-11-6-4-5-10(2)7-11/h4-7,9H,3,8H2,1-2H3,(H,14,15,16). The van der Waals surface area contributed by atoms with Crippen molar-refractivity contribution in [2.24, 2.45) is 0 Å². The highest BCUT2D eigenvalue weighted by molar-refractivity contribution is 5.90. The zero-order chi connectivity index (χ0) is 13.0. The highest BCUT2D eigenvalue weighted by Gasteiger charge is 2.16. The Labute approximate surface area is 106 Å². The molecule has 1 amide bonds. The molecule has 0 radical (unpaired) electrons. The molecule has 0 aliphatic rings. The molecule has 1 N–H and O–H groups in total. The monoisotopic (exact) mass is 244 g/mol. The van der Waals surface area contributed by atoms with Crippen LogP contribution in [0.15, 0.2) is 30.6 Å². The molecule has 5 heteroatoms. The van der Waals surface area contributed by atoms with Gasteiger partial charge in [0.15, 0.2) is 0 Å². The van der Waals surface area contributed by atoms with Crippen LogP contribution in [0.3, 0.4) is 0 Å². The van der Waals surface area contributed by atoms with Crippen LogP contribution in [-0.4, -0.2) is 32.5 Å². The van der Waals surface area contributed by atoms with Crippen LogP contribution in [0, 0.1) is 6.92 Å². The number of hydrogen-bond acceptors (Lipinski definition) is 3. The first-order valence-corrected chi connectivity index (χ1v) is 5.91. The van der Waals surface area contributed by atoms with Crippen molar-refractivity contribution in [3.8, 4) is 0 Å². The van der Waals surface area contributed by atoms with E-state index in [2.05, 4.69) is 21.2 Å². The Hall–Kier alpha value is -2.17. The van der Waals surface area contributed by atoms with Gasteiger partial charge in [-0.05, 0) is 19.4 Å². The molecule has 0 bridgehead atoms. The molecule has 0 saturated carbocycles. The summed E-state index contributed by atoms with van der Waals surface area (Å²) in [7, 11) is 0. The number of rotatable bonds is 4. The van der Waals surface area contributed by atoms with E-state index in [4.69, 9.17) is 0 Å². The van der Waals surface area contributed by atoms with E-state index in [1.54, 1.807) is 4.90 Å². The zero-order valence-corrected chi connectivity index (χ0v) is 10.6. The molecule has 18 heavy (non-hydrogen) atoms. The van der Waals surface area contributed by atoms with E-state index in [-0.39, 0.29) is 11.7 Å². The molecule has 0 spiro atoms. The number of aryl methyl sites for hydroxylation is 1. The number of carbonyl (C=O) groups excluding carboxylic acids is 1. The summed E-state index contributed by atoms with van der Waals surface area (Å²) in [5.41, 5.74) is 2.31. The minimum absolute atomic E-state index is 0.128. The normalized spacial score (nSPS) is 10.3. The SMILES string of the molecule is CCN(Cc1cccc(C)c1)C(=O)c1ncn[nH]1. The maximum Gasteiger partial charge on any atom is 0.291 e. The molecule has 0 fully saturated rings. The Morgan fingerprint density at radius 3 is 2.89 bits per heavy atom. The summed E-state index contributed by atoms with van der Waals surface area (Å²) in [5.74, 6) is 0.154. The number of aromatic nitrogens is 3. The molecule has 2 aromatic rings. The number of amides is 1. The van der Waals surface area contributed by atoms with Crippen LogP contribution < -0.4 is 0 Å². The third kappa shape index (κ3) is 2.74. The van der Waals surface area contributed by atoms with Crippen molar-refractivity contribution in [2.75, 3.05) is 6.54 Å². The summed E-state index contributed by atoms with van der Waals surface area (Å²) in [6.45, 7) is 5.20. The Kier molecular flexibility index (Phi) is 3.72. The molecule has 0 aliphatic heterocycles. The molecule has 1 heterocycles. The molecule has 0 atom stereocenters. The van der Waals surface area contributed by atoms with E-state index in [0.29, 0.717) is 13.1 Å². The van der Waals surface area contributed by atoms with Crippen molar-refractivity contribution in [1.82, 2.24) is 20.1 Å². The Morgan fingerprint density at radius 1 is 1.44 bits per heavy atom. The van der Waals surface area contributed by atoms with Gasteiger partial charge in [-0.1, -0.05) is 29.8 Å². The van der Waals surface area contributed by atoms with Crippen molar-refractivity contribution in [3.05, 3.63) is 47.5 Å². The second-order valence-corrected chi connectivity index (χ2v) is 4.14. The van der Waals surface area contributed by atoms with Gasteiger partial charge < -0.3 is 4.90 Å². The van der Waals surface area contributed by atoms with Gasteiger partial charge in [0.25, 0.3) is 5.91 Å². The second-order valence-electron chi connectivity index (χ2n) is 4.14. The van der Waals surface area contributed by atoms with Crippen LogP contribution in [0.2, 0.25) is 0 Å². The average molecular weight is 244 g/mol. The second kappa shape index (κ2) is 5.44. The van der Waals surface area contributed by atoms with Crippen LogP contribution in [0.25, 0.3) is 0 Å². The molecule has 1 aromatic carbocycles. The maximum absolute atomic E-state index is 12.1. The third-order valence-electron chi connectivity index (χ3n) is 2.74. The number of aromatic amines is 1. The number of hydrogen-bond donors (Lipinski definition) is 1. The first-order valence-electron chi connectivity index (χ1n) is 5.91. The van der Waals surface area contributed by atoms with Crippen LogP contribution in [-0.2, 0) is 6.54 Å². The fraction of sp³-hybridized carbons (Fsp3) is 0.308. The molecular weight excluding hydrogens is 228 g/mol. The van der Waals surface area contributed by atoms with Crippen molar-refractivity contribution in [1.29, 1.82) is 0 Å². The van der Waals surface area contributed by atoms with Gasteiger partial charge in [0, 0.05) is 13.1 Å². The Bertz CT molecular complexity index is 522. The lowest BCUT2D eigenvalue weighted by Gasteiger charge is -2.19. The number of nitrogens with one attached hydrogen (secondary N) is 1. The zero-order valence-electron chi connectivity index (χ0n) is 10.6. The van der Waals surface area contributed by atoms with Crippen molar-refractivity contribution in [2.45, 2.75) is 20.4 Å². The molecule has 0 saturated heterocycles. The maximum atomic E-state index is 12.1. The summed E-state index contributed by atoms with van der Waals surface area (Å²) in [4.78, 5) is 17.7. The van der Waals surface area contributed by atoms with Crippen molar-refractivity contribution >= 4 is 5.91 Å². The Morgan fingerprint density at radius 2 is 2.28 bits per heavy atom. The van der Waals surface area contributed by atoms with Gasteiger partial charge in [-0.15, -0.1) is 0 Å². The Balaban J connectivity index is 2.12. The van der Waals surface area contributed by atoms with E-state index >= 15 is 0 Å². The van der Waals surface area contributed by atoms with Gasteiger partial charge in [0.2, 0.25) is 5.82 Å².